The van der Waals surface area contributed by atoms with E-state index in [4.69, 9.17) is 4.74 Å². The van der Waals surface area contributed by atoms with Crippen LogP contribution in [0.2, 0.25) is 0 Å². The molecule has 0 amide bonds. The summed E-state index contributed by atoms with van der Waals surface area (Å²) in [7, 11) is 0. The van der Waals surface area contributed by atoms with E-state index in [0.717, 1.165) is 0 Å². The molecular formula is C26H22O. The Bertz CT molecular complexity index is 1080. The Hall–Kier alpha value is -2.38. The quantitative estimate of drug-likeness (QED) is 0.425. The van der Waals surface area contributed by atoms with Crippen molar-refractivity contribution in [2.24, 2.45) is 11.8 Å². The summed E-state index contributed by atoms with van der Waals surface area (Å²) in [5, 5.41) is 2.69. The summed E-state index contributed by atoms with van der Waals surface area (Å²) >= 11 is 0. The number of benzene rings is 3. The minimum Gasteiger partial charge on any atom is -0.365 e. The van der Waals surface area contributed by atoms with Gasteiger partial charge in [-0.15, -0.1) is 0 Å². The van der Waals surface area contributed by atoms with Crippen LogP contribution in [0.4, 0.5) is 0 Å². The summed E-state index contributed by atoms with van der Waals surface area (Å²) in [6, 6.07) is 22.7. The molecule has 2 aliphatic heterocycles. The summed E-state index contributed by atoms with van der Waals surface area (Å²) < 4.78 is 6.70. The van der Waals surface area contributed by atoms with Crippen molar-refractivity contribution in [2.75, 3.05) is 0 Å². The first kappa shape index (κ1) is 14.6. The number of hydrogen-bond donors (Lipinski definition) is 0. The minimum absolute atomic E-state index is 0.261. The van der Waals surface area contributed by atoms with Crippen molar-refractivity contribution in [3.8, 4) is 0 Å². The normalized spacial score (nSPS) is 34.1. The van der Waals surface area contributed by atoms with E-state index in [1.807, 2.05) is 0 Å². The largest absolute Gasteiger partial charge is 0.365 e. The highest BCUT2D eigenvalue weighted by Crippen LogP contribution is 2.75. The van der Waals surface area contributed by atoms with Crippen molar-refractivity contribution >= 4 is 10.8 Å². The summed E-state index contributed by atoms with van der Waals surface area (Å²) in [5.41, 5.74) is 9.26. The molecule has 27 heavy (non-hydrogen) atoms. The van der Waals surface area contributed by atoms with Gasteiger partial charge >= 0.3 is 0 Å². The maximum Gasteiger partial charge on any atom is 0.0878 e. The van der Waals surface area contributed by atoms with Gasteiger partial charge in [-0.2, -0.15) is 0 Å². The van der Waals surface area contributed by atoms with Crippen LogP contribution in [0.3, 0.4) is 0 Å². The molecule has 1 saturated carbocycles. The van der Waals surface area contributed by atoms with Gasteiger partial charge in [0.05, 0.1) is 12.2 Å². The van der Waals surface area contributed by atoms with Gasteiger partial charge in [0.15, 0.2) is 0 Å². The molecule has 132 valence electrons. The molecule has 3 aromatic rings. The molecule has 3 aromatic carbocycles. The molecule has 0 N–H and O–H groups in total. The maximum atomic E-state index is 6.70. The third-order valence-electron chi connectivity index (χ3n) is 7.68. The Morgan fingerprint density at radius 3 is 1.63 bits per heavy atom. The van der Waals surface area contributed by atoms with E-state index >= 15 is 0 Å². The molecular weight excluding hydrogens is 328 g/mol. The number of ether oxygens (including phenoxy) is 1. The lowest BCUT2D eigenvalue weighted by Crippen LogP contribution is -2.26. The molecule has 4 bridgehead atoms. The molecule has 0 spiro atoms. The van der Waals surface area contributed by atoms with Crippen LogP contribution in [-0.2, 0) is 4.74 Å². The van der Waals surface area contributed by atoms with Gasteiger partial charge in [0.2, 0.25) is 0 Å². The third-order valence-corrected chi connectivity index (χ3v) is 7.68. The van der Waals surface area contributed by atoms with Crippen molar-refractivity contribution in [3.05, 3.63) is 94.1 Å². The summed E-state index contributed by atoms with van der Waals surface area (Å²) in [6.45, 7) is 4.62. The van der Waals surface area contributed by atoms with Gasteiger partial charge in [0.1, 0.15) is 0 Å². The second-order valence-corrected chi connectivity index (χ2v) is 9.00. The second-order valence-electron chi connectivity index (χ2n) is 9.00. The molecule has 4 aliphatic rings. The number of allylic oxidation sites excluding steroid dienone is 2. The molecule has 2 aliphatic carbocycles. The first-order chi connectivity index (χ1) is 13.2. The van der Waals surface area contributed by atoms with Crippen molar-refractivity contribution in [1.82, 2.24) is 0 Å². The lowest BCUT2D eigenvalue weighted by atomic mass is 9.67. The standard InChI is InChI=1S/C26H22O/c1-13(2)20-21-16-9-5-6-10-17(16)22(20)24-23(21)25-18-11-14-7-3-4-8-15(14)12-19(18)26(24)27-25/h3-12,21-26H,1-2H3. The van der Waals surface area contributed by atoms with Gasteiger partial charge in [-0.1, -0.05) is 59.7 Å². The van der Waals surface area contributed by atoms with E-state index in [-0.39, 0.29) is 12.2 Å². The Morgan fingerprint density at radius 2 is 1.15 bits per heavy atom. The van der Waals surface area contributed by atoms with Gasteiger partial charge in [0.25, 0.3) is 0 Å². The monoisotopic (exact) mass is 350 g/mol. The van der Waals surface area contributed by atoms with Crippen LogP contribution < -0.4 is 0 Å². The third kappa shape index (κ3) is 1.58. The molecule has 2 heterocycles. The van der Waals surface area contributed by atoms with Crippen molar-refractivity contribution < 1.29 is 4.74 Å². The van der Waals surface area contributed by atoms with Crippen molar-refractivity contribution in [1.29, 1.82) is 0 Å². The van der Waals surface area contributed by atoms with E-state index in [1.165, 1.54) is 27.5 Å². The Balaban J connectivity index is 1.47. The SMILES string of the molecule is CC(C)=C1C2c3ccccc3C1C1C3OC(c4cc5ccccc5cc43)C21. The fraction of sp³-hybridized carbons (Fsp3) is 0.308. The first-order valence-electron chi connectivity index (χ1n) is 10.2. The lowest BCUT2D eigenvalue weighted by Gasteiger charge is -2.33. The Morgan fingerprint density at radius 1 is 0.667 bits per heavy atom. The average Bonchev–Trinajstić information content (AvgIpc) is 3.41. The molecule has 6 unspecified atom stereocenters. The Kier molecular flexibility index (Phi) is 2.56. The van der Waals surface area contributed by atoms with Gasteiger partial charge < -0.3 is 4.74 Å². The fourth-order valence-electron chi connectivity index (χ4n) is 6.92. The molecule has 1 nitrogen and oxygen atoms in total. The summed E-state index contributed by atoms with van der Waals surface area (Å²) in [5.74, 6) is 2.31. The van der Waals surface area contributed by atoms with E-state index < -0.39 is 0 Å². The molecule has 0 radical (unpaired) electrons. The maximum absolute atomic E-state index is 6.70. The van der Waals surface area contributed by atoms with Gasteiger partial charge in [-0.3, -0.25) is 0 Å². The highest BCUT2D eigenvalue weighted by Gasteiger charge is 2.66. The highest BCUT2D eigenvalue weighted by molar-refractivity contribution is 5.85. The van der Waals surface area contributed by atoms with Crippen LogP contribution in [0, 0.1) is 11.8 Å². The molecule has 1 saturated heterocycles. The number of fused-ring (bicyclic) bond motifs is 16. The van der Waals surface area contributed by atoms with Crippen LogP contribution in [-0.4, -0.2) is 0 Å². The van der Waals surface area contributed by atoms with E-state index in [2.05, 4.69) is 74.5 Å². The average molecular weight is 350 g/mol. The topological polar surface area (TPSA) is 9.23 Å². The summed E-state index contributed by atoms with van der Waals surface area (Å²) in [4.78, 5) is 0. The minimum atomic E-state index is 0.261. The first-order valence-corrected chi connectivity index (χ1v) is 10.2. The van der Waals surface area contributed by atoms with E-state index in [0.29, 0.717) is 23.7 Å². The molecule has 2 fully saturated rings. The van der Waals surface area contributed by atoms with E-state index in [9.17, 15) is 0 Å². The summed E-state index contributed by atoms with van der Waals surface area (Å²) in [6.07, 6.45) is 0.523. The van der Waals surface area contributed by atoms with Crippen LogP contribution in [0.25, 0.3) is 10.8 Å². The number of hydrogen-bond acceptors (Lipinski definition) is 1. The van der Waals surface area contributed by atoms with Gasteiger partial charge in [0, 0.05) is 23.7 Å². The zero-order chi connectivity index (χ0) is 17.9. The van der Waals surface area contributed by atoms with Crippen LogP contribution >= 0.6 is 0 Å². The van der Waals surface area contributed by atoms with E-state index in [1.54, 1.807) is 16.7 Å². The molecule has 0 aromatic heterocycles. The zero-order valence-electron chi connectivity index (χ0n) is 15.6. The van der Waals surface area contributed by atoms with Crippen LogP contribution in [0.5, 0.6) is 0 Å². The zero-order valence-corrected chi connectivity index (χ0v) is 15.6. The van der Waals surface area contributed by atoms with Crippen molar-refractivity contribution in [3.63, 3.8) is 0 Å². The molecule has 6 atom stereocenters. The predicted molar refractivity (Wildman–Crippen MR) is 108 cm³/mol. The van der Waals surface area contributed by atoms with Crippen LogP contribution in [0.1, 0.15) is 60.1 Å². The van der Waals surface area contributed by atoms with Crippen LogP contribution in [0.15, 0.2) is 71.8 Å². The lowest BCUT2D eigenvalue weighted by molar-refractivity contribution is 0.0491. The number of rotatable bonds is 0. The second kappa shape index (κ2) is 4.72. The highest BCUT2D eigenvalue weighted by atomic mass is 16.5. The Labute approximate surface area is 159 Å². The fourth-order valence-corrected chi connectivity index (χ4v) is 6.92. The predicted octanol–water partition coefficient (Wildman–Crippen LogP) is 6.43. The molecule has 1 heteroatoms. The van der Waals surface area contributed by atoms with Gasteiger partial charge in [-0.05, 0) is 59.0 Å². The van der Waals surface area contributed by atoms with Crippen molar-refractivity contribution in [2.45, 2.75) is 37.9 Å². The molecule has 7 rings (SSSR count). The van der Waals surface area contributed by atoms with Gasteiger partial charge in [-0.25, -0.2) is 0 Å². The smallest absolute Gasteiger partial charge is 0.0878 e.